The molecule has 0 unspecified atom stereocenters. The number of halogens is 2. The summed E-state index contributed by atoms with van der Waals surface area (Å²) in [6.45, 7) is 0.209. The zero-order valence-corrected chi connectivity index (χ0v) is 16.3. The minimum atomic E-state index is -0.374. The molecule has 6 heteroatoms. The van der Waals surface area contributed by atoms with E-state index in [0.29, 0.717) is 34.9 Å². The maximum absolute atomic E-state index is 14.1. The zero-order valence-electron chi connectivity index (χ0n) is 15.5. The standard InChI is InChI=1S/C21H23ClFNO3/c1-26-19-10-6-14(12-20(19)27-2)7-11-21(25)24(15-8-9-15)13-16-17(22)4-3-5-18(16)23/h3-6,10,12,15H,7-9,11,13H2,1-2H3. The first-order valence-corrected chi connectivity index (χ1v) is 9.34. The second kappa shape index (κ2) is 8.61. The Morgan fingerprint density at radius 3 is 2.56 bits per heavy atom. The van der Waals surface area contributed by atoms with Crippen molar-refractivity contribution in [2.45, 2.75) is 38.3 Å². The van der Waals surface area contributed by atoms with E-state index in [-0.39, 0.29) is 24.3 Å². The molecule has 0 aromatic heterocycles. The first kappa shape index (κ1) is 19.5. The van der Waals surface area contributed by atoms with E-state index >= 15 is 0 Å². The predicted octanol–water partition coefficient (Wildman–Crippen LogP) is 4.62. The number of carbonyl (C=O) groups is 1. The van der Waals surface area contributed by atoms with E-state index in [9.17, 15) is 9.18 Å². The van der Waals surface area contributed by atoms with Gasteiger partial charge in [-0.2, -0.15) is 0 Å². The second-order valence-corrected chi connectivity index (χ2v) is 7.05. The van der Waals surface area contributed by atoms with Crippen molar-refractivity contribution < 1.29 is 18.7 Å². The van der Waals surface area contributed by atoms with Crippen LogP contribution in [-0.4, -0.2) is 31.1 Å². The van der Waals surface area contributed by atoms with Gasteiger partial charge in [-0.15, -0.1) is 0 Å². The molecule has 1 saturated carbocycles. The van der Waals surface area contributed by atoms with Crippen LogP contribution in [0.4, 0.5) is 4.39 Å². The third kappa shape index (κ3) is 4.72. The number of aryl methyl sites for hydroxylation is 1. The van der Waals surface area contributed by atoms with Crippen LogP contribution >= 0.6 is 11.6 Å². The molecule has 0 bridgehead atoms. The average molecular weight is 392 g/mol. The smallest absolute Gasteiger partial charge is 0.223 e. The van der Waals surface area contributed by atoms with Crippen molar-refractivity contribution >= 4 is 17.5 Å². The molecule has 1 fully saturated rings. The molecule has 0 spiro atoms. The Labute approximate surface area is 163 Å². The molecule has 4 nitrogen and oxygen atoms in total. The first-order chi connectivity index (χ1) is 13.0. The van der Waals surface area contributed by atoms with E-state index in [0.717, 1.165) is 18.4 Å². The summed E-state index contributed by atoms with van der Waals surface area (Å²) < 4.78 is 24.7. The molecular formula is C21H23ClFNO3. The van der Waals surface area contributed by atoms with Gasteiger partial charge in [-0.3, -0.25) is 4.79 Å². The van der Waals surface area contributed by atoms with Crippen molar-refractivity contribution in [1.29, 1.82) is 0 Å². The molecule has 0 radical (unpaired) electrons. The fourth-order valence-electron chi connectivity index (χ4n) is 3.09. The summed E-state index contributed by atoms with van der Waals surface area (Å²) in [5, 5.41) is 0.355. The number of nitrogens with zero attached hydrogens (tertiary/aromatic N) is 1. The van der Waals surface area contributed by atoms with Gasteiger partial charge in [0, 0.05) is 23.0 Å². The summed E-state index contributed by atoms with van der Waals surface area (Å²) in [5.41, 5.74) is 1.37. The minimum absolute atomic E-state index is 0.00612. The van der Waals surface area contributed by atoms with Gasteiger partial charge in [-0.1, -0.05) is 23.7 Å². The fraction of sp³-hybridized carbons (Fsp3) is 0.381. The lowest BCUT2D eigenvalue weighted by atomic mass is 10.1. The van der Waals surface area contributed by atoms with Crippen LogP contribution in [0.2, 0.25) is 5.02 Å². The Hall–Kier alpha value is -2.27. The number of hydrogen-bond acceptors (Lipinski definition) is 3. The lowest BCUT2D eigenvalue weighted by Gasteiger charge is -2.23. The number of ether oxygens (including phenoxy) is 2. The summed E-state index contributed by atoms with van der Waals surface area (Å²) in [6, 6.07) is 10.4. The van der Waals surface area contributed by atoms with Gasteiger partial charge in [0.1, 0.15) is 5.82 Å². The summed E-state index contributed by atoms with van der Waals surface area (Å²) in [7, 11) is 3.17. The highest BCUT2D eigenvalue weighted by molar-refractivity contribution is 6.31. The predicted molar refractivity (Wildman–Crippen MR) is 103 cm³/mol. The Morgan fingerprint density at radius 1 is 1.19 bits per heavy atom. The van der Waals surface area contributed by atoms with Crippen LogP contribution < -0.4 is 9.47 Å². The lowest BCUT2D eigenvalue weighted by Crippen LogP contribution is -2.33. The molecule has 0 aliphatic heterocycles. The van der Waals surface area contributed by atoms with Gasteiger partial charge in [-0.05, 0) is 49.1 Å². The SMILES string of the molecule is COc1ccc(CCC(=O)N(Cc2c(F)cccc2Cl)C2CC2)cc1OC. The first-order valence-electron chi connectivity index (χ1n) is 8.96. The molecule has 2 aromatic carbocycles. The lowest BCUT2D eigenvalue weighted by molar-refractivity contribution is -0.132. The van der Waals surface area contributed by atoms with Crippen molar-refractivity contribution in [1.82, 2.24) is 4.90 Å². The molecule has 0 atom stereocenters. The van der Waals surface area contributed by atoms with Crippen molar-refractivity contribution in [3.8, 4) is 11.5 Å². The average Bonchev–Trinajstić information content (AvgIpc) is 3.50. The number of hydrogen-bond donors (Lipinski definition) is 0. The van der Waals surface area contributed by atoms with Gasteiger partial charge in [0.2, 0.25) is 5.91 Å². The van der Waals surface area contributed by atoms with Gasteiger partial charge in [0.05, 0.1) is 20.8 Å². The zero-order chi connectivity index (χ0) is 19.4. The molecule has 1 aliphatic rings. The third-order valence-electron chi connectivity index (χ3n) is 4.77. The van der Waals surface area contributed by atoms with Crippen LogP contribution in [-0.2, 0) is 17.8 Å². The largest absolute Gasteiger partial charge is 0.493 e. The number of rotatable bonds is 8. The highest BCUT2D eigenvalue weighted by Gasteiger charge is 2.33. The van der Waals surface area contributed by atoms with Crippen LogP contribution in [0, 0.1) is 5.82 Å². The van der Waals surface area contributed by atoms with E-state index in [1.165, 1.54) is 6.07 Å². The normalized spacial score (nSPS) is 13.3. The highest BCUT2D eigenvalue weighted by atomic mass is 35.5. The van der Waals surface area contributed by atoms with E-state index in [1.54, 1.807) is 31.3 Å². The summed E-state index contributed by atoms with van der Waals surface area (Å²) >= 11 is 6.13. The quantitative estimate of drug-likeness (QED) is 0.659. The van der Waals surface area contributed by atoms with Crippen molar-refractivity contribution in [2.24, 2.45) is 0 Å². The van der Waals surface area contributed by atoms with Crippen LogP contribution in [0.25, 0.3) is 0 Å². The Bertz CT molecular complexity index is 803. The molecule has 0 heterocycles. The number of amides is 1. The molecule has 144 valence electrons. The fourth-order valence-corrected chi connectivity index (χ4v) is 3.31. The van der Waals surface area contributed by atoms with Crippen molar-refractivity contribution in [3.63, 3.8) is 0 Å². The summed E-state index contributed by atoms with van der Waals surface area (Å²) in [4.78, 5) is 14.6. The monoisotopic (exact) mass is 391 g/mol. The summed E-state index contributed by atoms with van der Waals surface area (Å²) in [5.74, 6) is 0.925. The second-order valence-electron chi connectivity index (χ2n) is 6.64. The molecule has 27 heavy (non-hydrogen) atoms. The Morgan fingerprint density at radius 2 is 1.93 bits per heavy atom. The maximum atomic E-state index is 14.1. The third-order valence-corrected chi connectivity index (χ3v) is 5.13. The van der Waals surface area contributed by atoms with Gasteiger partial charge < -0.3 is 14.4 Å². The van der Waals surface area contributed by atoms with E-state index in [4.69, 9.17) is 21.1 Å². The van der Waals surface area contributed by atoms with Gasteiger partial charge in [0.15, 0.2) is 11.5 Å². The molecule has 3 rings (SSSR count). The molecule has 0 N–H and O–H groups in total. The number of benzene rings is 2. The number of methoxy groups -OCH3 is 2. The number of carbonyl (C=O) groups excluding carboxylic acids is 1. The highest BCUT2D eigenvalue weighted by Crippen LogP contribution is 2.32. The maximum Gasteiger partial charge on any atom is 0.223 e. The summed E-state index contributed by atoms with van der Waals surface area (Å²) in [6.07, 6.45) is 2.83. The van der Waals surface area contributed by atoms with Gasteiger partial charge >= 0.3 is 0 Å². The van der Waals surface area contributed by atoms with Crippen molar-refractivity contribution in [3.05, 3.63) is 58.4 Å². The topological polar surface area (TPSA) is 38.8 Å². The van der Waals surface area contributed by atoms with E-state index in [1.807, 2.05) is 18.2 Å². The molecule has 1 amide bonds. The van der Waals surface area contributed by atoms with Crippen LogP contribution in [0.15, 0.2) is 36.4 Å². The van der Waals surface area contributed by atoms with Gasteiger partial charge in [-0.25, -0.2) is 4.39 Å². The Balaban J connectivity index is 1.68. The van der Waals surface area contributed by atoms with Gasteiger partial charge in [0.25, 0.3) is 0 Å². The molecule has 0 saturated heterocycles. The molecule has 1 aliphatic carbocycles. The molecular weight excluding hydrogens is 369 g/mol. The van der Waals surface area contributed by atoms with E-state index in [2.05, 4.69) is 0 Å². The molecule has 2 aromatic rings. The van der Waals surface area contributed by atoms with Crippen LogP contribution in [0.5, 0.6) is 11.5 Å². The van der Waals surface area contributed by atoms with Crippen molar-refractivity contribution in [2.75, 3.05) is 14.2 Å². The van der Waals surface area contributed by atoms with Crippen LogP contribution in [0.3, 0.4) is 0 Å². The van der Waals surface area contributed by atoms with E-state index < -0.39 is 0 Å². The minimum Gasteiger partial charge on any atom is -0.493 e. The van der Waals surface area contributed by atoms with Crippen LogP contribution in [0.1, 0.15) is 30.4 Å². The Kier molecular flexibility index (Phi) is 6.22.